The second-order valence-electron chi connectivity index (χ2n) is 6.97. The number of oxime groups is 1. The monoisotopic (exact) mass is 364 g/mol. The lowest BCUT2D eigenvalue weighted by Gasteiger charge is -2.17. The summed E-state index contributed by atoms with van der Waals surface area (Å²) in [4.78, 5) is 5.42. The molecule has 138 valence electrons. The van der Waals surface area contributed by atoms with Crippen LogP contribution >= 0.6 is 11.6 Å². The largest absolute Gasteiger partial charge is 0.393 e. The van der Waals surface area contributed by atoms with E-state index in [4.69, 9.17) is 16.4 Å². The molecule has 0 radical (unpaired) electrons. The molecular formula is C20H29ClN2O2. The van der Waals surface area contributed by atoms with Gasteiger partial charge in [0.1, 0.15) is 12.7 Å². The number of benzene rings is 1. The molecule has 0 saturated heterocycles. The molecular weight excluding hydrogens is 336 g/mol. The average molecular weight is 365 g/mol. The van der Waals surface area contributed by atoms with Gasteiger partial charge in [-0.25, -0.2) is 0 Å². The van der Waals surface area contributed by atoms with E-state index in [2.05, 4.69) is 30.4 Å². The van der Waals surface area contributed by atoms with Crippen LogP contribution in [0.25, 0.3) is 6.08 Å². The van der Waals surface area contributed by atoms with Crippen LogP contribution in [0.15, 0.2) is 35.0 Å². The maximum Gasteiger partial charge on any atom is 0.144 e. The van der Waals surface area contributed by atoms with Crippen molar-refractivity contribution in [3.05, 3.63) is 40.4 Å². The third kappa shape index (κ3) is 7.59. The first-order chi connectivity index (χ1) is 12.0. The minimum Gasteiger partial charge on any atom is -0.393 e. The zero-order chi connectivity index (χ0) is 18.1. The van der Waals surface area contributed by atoms with E-state index in [0.29, 0.717) is 12.5 Å². The van der Waals surface area contributed by atoms with Gasteiger partial charge >= 0.3 is 0 Å². The van der Waals surface area contributed by atoms with E-state index in [1.54, 1.807) is 0 Å². The number of nitrogens with zero attached hydrogens (tertiary/aromatic N) is 1. The van der Waals surface area contributed by atoms with Gasteiger partial charge in [-0.1, -0.05) is 42.7 Å². The Bertz CT molecular complexity index is 582. The molecule has 1 aromatic carbocycles. The van der Waals surface area contributed by atoms with Crippen LogP contribution in [0.3, 0.4) is 0 Å². The second-order valence-corrected chi connectivity index (χ2v) is 7.40. The van der Waals surface area contributed by atoms with Crippen LogP contribution in [-0.4, -0.2) is 36.6 Å². The lowest BCUT2D eigenvalue weighted by atomic mass is 9.91. The van der Waals surface area contributed by atoms with Gasteiger partial charge in [0.05, 0.1) is 5.71 Å². The Morgan fingerprint density at radius 3 is 2.64 bits per heavy atom. The van der Waals surface area contributed by atoms with Gasteiger partial charge in [0.2, 0.25) is 0 Å². The Hall–Kier alpha value is -1.36. The number of aliphatic hydroxyl groups is 1. The van der Waals surface area contributed by atoms with E-state index in [1.807, 2.05) is 24.3 Å². The molecule has 1 saturated carbocycles. The van der Waals surface area contributed by atoms with Crippen molar-refractivity contribution in [3.63, 3.8) is 0 Å². The van der Waals surface area contributed by atoms with Gasteiger partial charge in [-0.15, -0.1) is 0 Å². The molecule has 1 fully saturated rings. The summed E-state index contributed by atoms with van der Waals surface area (Å²) in [7, 11) is 0. The molecule has 1 atom stereocenters. The van der Waals surface area contributed by atoms with Gasteiger partial charge in [-0.2, -0.15) is 0 Å². The topological polar surface area (TPSA) is 53.8 Å². The Kier molecular flexibility index (Phi) is 8.45. The maximum absolute atomic E-state index is 9.93. The third-order valence-electron chi connectivity index (χ3n) is 4.07. The molecule has 1 aliphatic carbocycles. The Morgan fingerprint density at radius 2 is 1.92 bits per heavy atom. The molecule has 0 heterocycles. The fraction of sp³-hybridized carbons (Fsp3) is 0.550. The number of aliphatic hydroxyl groups excluding tert-OH is 1. The summed E-state index contributed by atoms with van der Waals surface area (Å²) in [6, 6.07) is 7.80. The molecule has 5 heteroatoms. The SMILES string of the molecule is CC(C)CNC[C@H](O)CO/N=C1\CCCC\C1=C/c1ccc(Cl)cc1. The highest BCUT2D eigenvalue weighted by Gasteiger charge is 2.14. The summed E-state index contributed by atoms with van der Waals surface area (Å²) in [6.07, 6.45) is 5.82. The van der Waals surface area contributed by atoms with E-state index in [1.165, 1.54) is 12.0 Å². The third-order valence-corrected chi connectivity index (χ3v) is 4.32. The Labute approximate surface area is 155 Å². The Morgan fingerprint density at radius 1 is 1.20 bits per heavy atom. The highest BCUT2D eigenvalue weighted by atomic mass is 35.5. The molecule has 0 amide bonds. The number of allylic oxidation sites excluding steroid dienone is 1. The minimum absolute atomic E-state index is 0.211. The predicted octanol–water partition coefficient (Wildman–Crippen LogP) is 4.28. The van der Waals surface area contributed by atoms with Crippen LogP contribution in [0.1, 0.15) is 45.1 Å². The van der Waals surface area contributed by atoms with Gasteiger partial charge in [-0.05, 0) is 67.5 Å². The van der Waals surface area contributed by atoms with Crippen LogP contribution in [0.4, 0.5) is 0 Å². The normalized spacial score (nSPS) is 19.6. The number of rotatable bonds is 8. The molecule has 4 nitrogen and oxygen atoms in total. The summed E-state index contributed by atoms with van der Waals surface area (Å²) in [5.41, 5.74) is 3.32. The summed E-state index contributed by atoms with van der Waals surface area (Å²) in [5, 5.41) is 18.2. The molecule has 0 unspecified atom stereocenters. The smallest absolute Gasteiger partial charge is 0.144 e. The first-order valence-corrected chi connectivity index (χ1v) is 9.46. The summed E-state index contributed by atoms with van der Waals surface area (Å²) in [5.74, 6) is 0.566. The fourth-order valence-corrected chi connectivity index (χ4v) is 2.86. The van der Waals surface area contributed by atoms with E-state index in [-0.39, 0.29) is 6.61 Å². The molecule has 0 bridgehead atoms. The number of halogens is 1. The zero-order valence-electron chi connectivity index (χ0n) is 15.2. The highest BCUT2D eigenvalue weighted by Crippen LogP contribution is 2.24. The van der Waals surface area contributed by atoms with Crippen molar-refractivity contribution in [2.75, 3.05) is 19.7 Å². The van der Waals surface area contributed by atoms with Crippen molar-refractivity contribution in [2.24, 2.45) is 11.1 Å². The molecule has 0 spiro atoms. The fourth-order valence-electron chi connectivity index (χ4n) is 2.73. The molecule has 0 aromatic heterocycles. The van der Waals surface area contributed by atoms with E-state index in [9.17, 15) is 5.11 Å². The van der Waals surface area contributed by atoms with Gasteiger partial charge in [0, 0.05) is 11.6 Å². The van der Waals surface area contributed by atoms with Crippen LogP contribution < -0.4 is 5.32 Å². The van der Waals surface area contributed by atoms with Crippen molar-refractivity contribution in [1.29, 1.82) is 0 Å². The molecule has 1 aliphatic rings. The van der Waals surface area contributed by atoms with Gasteiger partial charge < -0.3 is 15.3 Å². The number of hydrogen-bond donors (Lipinski definition) is 2. The highest BCUT2D eigenvalue weighted by molar-refractivity contribution is 6.30. The lowest BCUT2D eigenvalue weighted by molar-refractivity contribution is 0.0398. The van der Waals surface area contributed by atoms with Crippen molar-refractivity contribution in [2.45, 2.75) is 45.6 Å². The second kappa shape index (κ2) is 10.6. The van der Waals surface area contributed by atoms with Gasteiger partial charge in [0.15, 0.2) is 0 Å². The standard InChI is InChI=1S/C20H29ClN2O2/c1-15(2)12-22-13-19(24)14-25-23-20-6-4-3-5-17(20)11-16-7-9-18(21)10-8-16/h7-11,15,19,22,24H,3-6,12-14H2,1-2H3/b17-11+,23-20+/t19-/m0/s1. The van der Waals surface area contributed by atoms with Crippen molar-refractivity contribution in [1.82, 2.24) is 5.32 Å². The van der Waals surface area contributed by atoms with Crippen molar-refractivity contribution < 1.29 is 9.94 Å². The van der Waals surface area contributed by atoms with Gasteiger partial charge in [-0.3, -0.25) is 0 Å². The predicted molar refractivity (Wildman–Crippen MR) is 105 cm³/mol. The summed E-state index contributed by atoms with van der Waals surface area (Å²) in [6.45, 7) is 5.90. The number of hydrogen-bond acceptors (Lipinski definition) is 4. The number of nitrogens with one attached hydrogen (secondary N) is 1. The lowest BCUT2D eigenvalue weighted by Crippen LogP contribution is -2.32. The van der Waals surface area contributed by atoms with Crippen LogP contribution in [0.5, 0.6) is 0 Å². The molecule has 2 N–H and O–H groups in total. The van der Waals surface area contributed by atoms with Crippen LogP contribution in [-0.2, 0) is 4.84 Å². The van der Waals surface area contributed by atoms with Crippen LogP contribution in [0.2, 0.25) is 5.02 Å². The molecule has 0 aliphatic heterocycles. The summed E-state index contributed by atoms with van der Waals surface area (Å²) >= 11 is 5.94. The first kappa shape index (κ1) is 20.0. The first-order valence-electron chi connectivity index (χ1n) is 9.08. The van der Waals surface area contributed by atoms with Crippen LogP contribution in [0, 0.1) is 5.92 Å². The zero-order valence-corrected chi connectivity index (χ0v) is 15.9. The molecule has 2 rings (SSSR count). The Balaban J connectivity index is 1.89. The minimum atomic E-state index is -0.546. The maximum atomic E-state index is 9.93. The van der Waals surface area contributed by atoms with E-state index in [0.717, 1.165) is 42.1 Å². The molecule has 1 aromatic rings. The van der Waals surface area contributed by atoms with Gasteiger partial charge in [0.25, 0.3) is 0 Å². The quantitative estimate of drug-likeness (QED) is 0.677. The van der Waals surface area contributed by atoms with Crippen molar-refractivity contribution >= 4 is 23.4 Å². The average Bonchev–Trinajstić information content (AvgIpc) is 2.58. The summed E-state index contributed by atoms with van der Waals surface area (Å²) < 4.78 is 0. The van der Waals surface area contributed by atoms with Crippen molar-refractivity contribution in [3.8, 4) is 0 Å². The van der Waals surface area contributed by atoms with E-state index >= 15 is 0 Å². The molecule has 25 heavy (non-hydrogen) atoms. The van der Waals surface area contributed by atoms with E-state index < -0.39 is 6.10 Å².